The van der Waals surface area contributed by atoms with Crippen molar-refractivity contribution in [2.45, 2.75) is 11.5 Å². The van der Waals surface area contributed by atoms with Gasteiger partial charge in [-0.05, 0) is 11.1 Å². The van der Waals surface area contributed by atoms with E-state index in [2.05, 4.69) is 53.8 Å². The normalized spacial score (nSPS) is 25.3. The van der Waals surface area contributed by atoms with Crippen molar-refractivity contribution in [3.05, 3.63) is 96.1 Å². The SMILES string of the molecule is S=P1(c2ccccc2)OCCNCCOP(=S)(c2ccccc2)SCc2ccccc2CS1. The van der Waals surface area contributed by atoms with Crippen molar-refractivity contribution in [3.63, 3.8) is 0 Å². The molecular weight excluding hydrogens is 524 g/mol. The van der Waals surface area contributed by atoms with Gasteiger partial charge in [0.15, 0.2) is 0 Å². The van der Waals surface area contributed by atoms with Gasteiger partial charge >= 0.3 is 0 Å². The summed E-state index contributed by atoms with van der Waals surface area (Å²) in [6.45, 7) is 2.60. The summed E-state index contributed by atoms with van der Waals surface area (Å²) < 4.78 is 12.8. The first-order chi connectivity index (χ1) is 16.1. The lowest BCUT2D eigenvalue weighted by Crippen LogP contribution is -2.24. The first-order valence-corrected chi connectivity index (χ1v) is 19.4. The van der Waals surface area contributed by atoms with Crippen LogP contribution in [0.2, 0.25) is 0 Å². The second-order valence-corrected chi connectivity index (χ2v) is 21.1. The molecule has 0 amide bonds. The van der Waals surface area contributed by atoms with Gasteiger partial charge in [-0.25, -0.2) is 0 Å². The first-order valence-electron chi connectivity index (χ1n) is 10.8. The molecule has 3 nitrogen and oxygen atoms in total. The predicted molar refractivity (Wildman–Crippen MR) is 155 cm³/mol. The predicted octanol–water partition coefficient (Wildman–Crippen LogP) is 6.06. The number of hydrogen-bond acceptors (Lipinski definition) is 7. The van der Waals surface area contributed by atoms with E-state index in [4.69, 9.17) is 32.7 Å². The minimum absolute atomic E-state index is 0.572. The second-order valence-electron chi connectivity index (χ2n) is 7.40. The van der Waals surface area contributed by atoms with Gasteiger partial charge < -0.3 is 14.4 Å². The molecule has 0 radical (unpaired) electrons. The molecular formula is C24H27NO2P2S4. The van der Waals surface area contributed by atoms with Gasteiger partial charge in [0.2, 0.25) is 0 Å². The van der Waals surface area contributed by atoms with Crippen LogP contribution in [-0.2, 0) is 44.2 Å². The summed E-state index contributed by atoms with van der Waals surface area (Å²) in [6.07, 6.45) is 0. The Morgan fingerprint density at radius 1 is 0.606 bits per heavy atom. The van der Waals surface area contributed by atoms with E-state index in [0.29, 0.717) is 13.2 Å². The zero-order chi connectivity index (χ0) is 23.0. The fraction of sp³-hybridized carbons (Fsp3) is 0.250. The number of nitrogens with one attached hydrogen (secondary N) is 1. The highest BCUT2D eigenvalue weighted by Gasteiger charge is 2.25. The van der Waals surface area contributed by atoms with Gasteiger partial charge in [-0.1, -0.05) is 131 Å². The Kier molecular flexibility index (Phi) is 9.70. The second kappa shape index (κ2) is 12.5. The molecule has 2 atom stereocenters. The Morgan fingerprint density at radius 3 is 1.42 bits per heavy atom. The van der Waals surface area contributed by atoms with Crippen molar-refractivity contribution in [3.8, 4) is 0 Å². The summed E-state index contributed by atoms with van der Waals surface area (Å²) >= 11 is 15.8. The quantitative estimate of drug-likeness (QED) is 0.388. The smallest absolute Gasteiger partial charge is 0.149 e. The van der Waals surface area contributed by atoms with Crippen molar-refractivity contribution >= 4 is 67.9 Å². The molecule has 0 saturated carbocycles. The molecule has 1 heterocycles. The molecule has 33 heavy (non-hydrogen) atoms. The summed E-state index contributed by atoms with van der Waals surface area (Å²) in [5, 5.41) is 5.65. The van der Waals surface area contributed by atoms with Crippen LogP contribution in [-0.4, -0.2) is 26.3 Å². The van der Waals surface area contributed by atoms with E-state index >= 15 is 0 Å². The lowest BCUT2D eigenvalue weighted by molar-refractivity contribution is 0.327. The molecule has 9 heteroatoms. The molecule has 0 bridgehead atoms. The Hall–Kier alpha value is -0.460. The highest BCUT2D eigenvalue weighted by Crippen LogP contribution is 2.61. The van der Waals surface area contributed by atoms with Crippen LogP contribution >= 0.6 is 33.7 Å². The van der Waals surface area contributed by atoms with Gasteiger partial charge in [0.25, 0.3) is 0 Å². The Bertz CT molecular complexity index is 1040. The van der Waals surface area contributed by atoms with Gasteiger partial charge in [-0.3, -0.25) is 0 Å². The lowest BCUT2D eigenvalue weighted by Gasteiger charge is -2.23. The van der Waals surface area contributed by atoms with Crippen molar-refractivity contribution in [1.29, 1.82) is 0 Å². The zero-order valence-corrected chi connectivity index (χ0v) is 23.2. The summed E-state index contributed by atoms with van der Waals surface area (Å²) in [7, 11) is 0. The van der Waals surface area contributed by atoms with Crippen molar-refractivity contribution < 1.29 is 9.05 Å². The van der Waals surface area contributed by atoms with Crippen molar-refractivity contribution in [2.24, 2.45) is 0 Å². The molecule has 3 aromatic carbocycles. The highest BCUT2D eigenvalue weighted by molar-refractivity contribution is 8.71. The molecule has 0 aliphatic carbocycles. The monoisotopic (exact) mass is 551 g/mol. The van der Waals surface area contributed by atoms with Crippen LogP contribution in [0.15, 0.2) is 84.9 Å². The number of benzene rings is 3. The largest absolute Gasteiger partial charge is 0.337 e. The average molecular weight is 552 g/mol. The zero-order valence-electron chi connectivity index (χ0n) is 18.2. The summed E-state index contributed by atoms with van der Waals surface area (Å²) in [4.78, 5) is 0. The molecule has 1 aliphatic heterocycles. The molecule has 174 valence electrons. The van der Waals surface area contributed by atoms with Gasteiger partial charge in [0, 0.05) is 35.2 Å². The van der Waals surface area contributed by atoms with Gasteiger partial charge in [-0.2, -0.15) is 0 Å². The molecule has 0 fully saturated rings. The topological polar surface area (TPSA) is 30.5 Å². The van der Waals surface area contributed by atoms with Crippen LogP contribution in [0, 0.1) is 0 Å². The number of fused-ring (bicyclic) bond motifs is 1. The summed E-state index contributed by atoms with van der Waals surface area (Å²) in [5.74, 6) is 1.62. The average Bonchev–Trinajstić information content (AvgIpc) is 2.87. The molecule has 0 saturated heterocycles. The third-order valence-corrected chi connectivity index (χ3v) is 18.1. The summed E-state index contributed by atoms with van der Waals surface area (Å²) in [6, 6.07) is 29.2. The summed E-state index contributed by atoms with van der Waals surface area (Å²) in [5.41, 5.74) is -1.88. The maximum absolute atomic E-state index is 6.38. The minimum Gasteiger partial charge on any atom is -0.337 e. The molecule has 1 N–H and O–H groups in total. The first kappa shape index (κ1) is 25.6. The van der Waals surface area contributed by atoms with E-state index < -0.39 is 10.9 Å². The maximum Gasteiger partial charge on any atom is 0.149 e. The number of hydrogen-bond donors (Lipinski definition) is 1. The van der Waals surface area contributed by atoms with E-state index in [-0.39, 0.29) is 0 Å². The standard InChI is InChI=1S/C24H27NO2P2S4/c30-28(23-11-3-1-4-12-23)26-17-15-25-16-18-27-29(31,24-13-5-2-6-14-24)33-20-22-10-8-7-9-21(22)19-32-28/h1-14,25H,15-20H2. The third-order valence-electron chi connectivity index (χ3n) is 5.12. The third kappa shape index (κ3) is 7.04. The molecule has 0 aromatic heterocycles. The van der Waals surface area contributed by atoms with E-state index in [1.165, 1.54) is 11.1 Å². The van der Waals surface area contributed by atoms with Crippen LogP contribution in [0.5, 0.6) is 0 Å². The van der Waals surface area contributed by atoms with Gasteiger partial charge in [0.05, 0.1) is 13.2 Å². The fourth-order valence-corrected chi connectivity index (χ4v) is 13.5. The molecule has 3 aromatic rings. The van der Waals surface area contributed by atoms with E-state index in [1.807, 2.05) is 36.4 Å². The van der Waals surface area contributed by atoms with Gasteiger partial charge in [0.1, 0.15) is 10.9 Å². The lowest BCUT2D eigenvalue weighted by atomic mass is 10.1. The highest BCUT2D eigenvalue weighted by atomic mass is 32.9. The molecule has 4 rings (SSSR count). The number of rotatable bonds is 2. The maximum atomic E-state index is 6.38. The van der Waals surface area contributed by atoms with Crippen LogP contribution in [0.3, 0.4) is 0 Å². The van der Waals surface area contributed by atoms with E-state index in [0.717, 1.165) is 35.2 Å². The van der Waals surface area contributed by atoms with E-state index in [1.54, 1.807) is 22.8 Å². The molecule has 2 unspecified atom stereocenters. The van der Waals surface area contributed by atoms with Crippen LogP contribution in [0.4, 0.5) is 0 Å². The Balaban J connectivity index is 1.61. The van der Waals surface area contributed by atoms with Crippen LogP contribution in [0.1, 0.15) is 11.1 Å². The van der Waals surface area contributed by atoms with E-state index in [9.17, 15) is 0 Å². The Labute approximate surface area is 215 Å². The Morgan fingerprint density at radius 2 is 1.00 bits per heavy atom. The minimum atomic E-state index is -2.22. The van der Waals surface area contributed by atoms with Gasteiger partial charge in [-0.15, -0.1) is 0 Å². The van der Waals surface area contributed by atoms with Crippen molar-refractivity contribution in [2.75, 3.05) is 26.3 Å². The van der Waals surface area contributed by atoms with Crippen molar-refractivity contribution in [1.82, 2.24) is 5.32 Å². The molecule has 0 spiro atoms. The molecule has 1 aliphatic rings. The van der Waals surface area contributed by atoms with Crippen LogP contribution < -0.4 is 15.9 Å². The van der Waals surface area contributed by atoms with Crippen LogP contribution in [0.25, 0.3) is 0 Å². The fourth-order valence-electron chi connectivity index (χ4n) is 3.34.